The van der Waals surface area contributed by atoms with Crippen LogP contribution in [-0.4, -0.2) is 48.7 Å². The van der Waals surface area contributed by atoms with Gasteiger partial charge in [-0.05, 0) is 36.8 Å². The van der Waals surface area contributed by atoms with Gasteiger partial charge < -0.3 is 14.4 Å². The van der Waals surface area contributed by atoms with Crippen molar-refractivity contribution in [3.05, 3.63) is 24.5 Å². The van der Waals surface area contributed by atoms with E-state index in [1.165, 1.54) is 0 Å². The second-order valence-electron chi connectivity index (χ2n) is 6.39. The average Bonchev–Trinajstić information content (AvgIpc) is 2.55. The molecule has 120 valence electrons. The zero-order valence-electron chi connectivity index (χ0n) is 13.2. The number of likely N-dealkylation sites (tertiary alicyclic amines) is 1. The topological polar surface area (TPSA) is 51.7 Å². The van der Waals surface area contributed by atoms with Crippen molar-refractivity contribution in [1.82, 2.24) is 9.88 Å². The van der Waals surface area contributed by atoms with Crippen LogP contribution in [0, 0.1) is 11.3 Å². The van der Waals surface area contributed by atoms with Gasteiger partial charge in [-0.15, -0.1) is 0 Å². The van der Waals surface area contributed by atoms with Gasteiger partial charge in [0.1, 0.15) is 5.75 Å². The summed E-state index contributed by atoms with van der Waals surface area (Å²) in [6, 6.07) is 3.82. The molecule has 5 nitrogen and oxygen atoms in total. The molecular weight excluding hydrogens is 280 g/mol. The number of aromatic nitrogens is 1. The molecule has 0 aliphatic carbocycles. The molecule has 1 amide bonds. The van der Waals surface area contributed by atoms with E-state index in [0.29, 0.717) is 12.5 Å². The Hall–Kier alpha value is -1.62. The minimum Gasteiger partial charge on any atom is -0.492 e. The molecule has 2 aliphatic heterocycles. The van der Waals surface area contributed by atoms with Gasteiger partial charge >= 0.3 is 0 Å². The first-order valence-corrected chi connectivity index (χ1v) is 8.06. The summed E-state index contributed by atoms with van der Waals surface area (Å²) in [5, 5.41) is 0. The number of pyridine rings is 1. The van der Waals surface area contributed by atoms with Crippen LogP contribution in [-0.2, 0) is 9.53 Å². The summed E-state index contributed by atoms with van der Waals surface area (Å²) in [6.07, 6.45) is 6.66. The fourth-order valence-corrected chi connectivity index (χ4v) is 3.66. The molecule has 0 unspecified atom stereocenters. The lowest BCUT2D eigenvalue weighted by Crippen LogP contribution is -2.50. The van der Waals surface area contributed by atoms with Crippen molar-refractivity contribution in [1.29, 1.82) is 0 Å². The molecule has 1 aromatic heterocycles. The van der Waals surface area contributed by atoms with Gasteiger partial charge in [-0.2, -0.15) is 0 Å². The second kappa shape index (κ2) is 6.65. The molecule has 2 aliphatic rings. The minimum atomic E-state index is 0.185. The maximum Gasteiger partial charge on any atom is 0.219 e. The highest BCUT2D eigenvalue weighted by atomic mass is 16.5. The van der Waals surface area contributed by atoms with E-state index >= 15 is 0 Å². The lowest BCUT2D eigenvalue weighted by atomic mass is 9.66. The molecule has 1 spiro atoms. The minimum absolute atomic E-state index is 0.185. The molecule has 3 heterocycles. The molecule has 0 radical (unpaired) electrons. The summed E-state index contributed by atoms with van der Waals surface area (Å²) >= 11 is 0. The van der Waals surface area contributed by atoms with E-state index in [2.05, 4.69) is 4.98 Å². The highest BCUT2D eigenvalue weighted by Crippen LogP contribution is 2.44. The summed E-state index contributed by atoms with van der Waals surface area (Å²) in [5.74, 6) is 1.38. The molecule has 0 bridgehead atoms. The number of nitrogens with zero attached hydrogens (tertiary/aromatic N) is 2. The number of carbonyl (C=O) groups is 1. The first-order valence-electron chi connectivity index (χ1n) is 8.06. The Morgan fingerprint density at radius 3 is 2.95 bits per heavy atom. The first-order chi connectivity index (χ1) is 10.7. The third kappa shape index (κ3) is 3.24. The van der Waals surface area contributed by atoms with Crippen LogP contribution in [0.1, 0.15) is 26.2 Å². The molecular formula is C17H24N2O3. The van der Waals surface area contributed by atoms with Crippen LogP contribution in [0.3, 0.4) is 0 Å². The van der Waals surface area contributed by atoms with Crippen LogP contribution in [0.25, 0.3) is 0 Å². The number of carbonyl (C=O) groups excluding carboxylic acids is 1. The maximum atomic E-state index is 11.5. The third-order valence-corrected chi connectivity index (χ3v) is 5.22. The summed E-state index contributed by atoms with van der Waals surface area (Å²) in [5.41, 5.74) is 0.256. The monoisotopic (exact) mass is 304 g/mol. The van der Waals surface area contributed by atoms with E-state index in [-0.39, 0.29) is 11.3 Å². The van der Waals surface area contributed by atoms with Crippen molar-refractivity contribution in [2.75, 3.05) is 32.9 Å². The normalized spacial score (nSPS) is 24.2. The van der Waals surface area contributed by atoms with Gasteiger partial charge in [0.15, 0.2) is 0 Å². The van der Waals surface area contributed by atoms with Crippen LogP contribution in [0.2, 0.25) is 0 Å². The van der Waals surface area contributed by atoms with Crippen LogP contribution in [0.4, 0.5) is 0 Å². The summed E-state index contributed by atoms with van der Waals surface area (Å²) in [6.45, 7) is 5.61. The number of hydrogen-bond acceptors (Lipinski definition) is 4. The predicted molar refractivity (Wildman–Crippen MR) is 82.6 cm³/mol. The Morgan fingerprint density at radius 1 is 1.45 bits per heavy atom. The van der Waals surface area contributed by atoms with Crippen molar-refractivity contribution in [2.45, 2.75) is 26.2 Å². The number of piperidine rings is 1. The molecule has 1 aromatic rings. The van der Waals surface area contributed by atoms with Crippen LogP contribution in [0.5, 0.6) is 5.75 Å². The largest absolute Gasteiger partial charge is 0.492 e. The highest BCUT2D eigenvalue weighted by molar-refractivity contribution is 5.73. The fourth-order valence-electron chi connectivity index (χ4n) is 3.66. The van der Waals surface area contributed by atoms with Gasteiger partial charge in [0, 0.05) is 38.7 Å². The molecule has 5 heteroatoms. The van der Waals surface area contributed by atoms with Crippen molar-refractivity contribution in [3.63, 3.8) is 0 Å². The molecule has 0 aromatic carbocycles. The zero-order chi connectivity index (χ0) is 15.4. The zero-order valence-corrected chi connectivity index (χ0v) is 13.2. The standard InChI is InChI=1S/C17H24N2O3/c1-14(20)19-8-4-17(5-9-19)6-10-21-12-15(17)13-22-16-3-2-7-18-11-16/h2-3,7,11,15H,4-6,8-10,12-13H2,1H3/t15-/m1/s1. The molecule has 1 atom stereocenters. The fraction of sp³-hybridized carbons (Fsp3) is 0.647. The lowest BCUT2D eigenvalue weighted by molar-refractivity contribution is -0.135. The van der Waals surface area contributed by atoms with Crippen molar-refractivity contribution in [2.24, 2.45) is 11.3 Å². The van der Waals surface area contributed by atoms with Gasteiger partial charge in [0.2, 0.25) is 5.91 Å². The molecule has 3 rings (SSSR count). The Morgan fingerprint density at radius 2 is 2.27 bits per heavy atom. The molecule has 2 saturated heterocycles. The van der Waals surface area contributed by atoms with E-state index < -0.39 is 0 Å². The predicted octanol–water partition coefficient (Wildman–Crippen LogP) is 2.13. The van der Waals surface area contributed by atoms with Crippen LogP contribution < -0.4 is 4.74 Å². The number of rotatable bonds is 3. The summed E-state index contributed by atoms with van der Waals surface area (Å²) < 4.78 is 11.6. The van der Waals surface area contributed by atoms with E-state index in [0.717, 1.165) is 51.3 Å². The van der Waals surface area contributed by atoms with Gasteiger partial charge in [0.25, 0.3) is 0 Å². The van der Waals surface area contributed by atoms with Crippen LogP contribution in [0.15, 0.2) is 24.5 Å². The SMILES string of the molecule is CC(=O)N1CCC2(CCOC[C@@H]2COc2cccnc2)CC1. The first kappa shape index (κ1) is 15.3. The average molecular weight is 304 g/mol. The van der Waals surface area contributed by atoms with E-state index in [4.69, 9.17) is 9.47 Å². The van der Waals surface area contributed by atoms with Gasteiger partial charge in [-0.25, -0.2) is 0 Å². The van der Waals surface area contributed by atoms with Gasteiger partial charge in [-0.3, -0.25) is 9.78 Å². The van der Waals surface area contributed by atoms with Crippen molar-refractivity contribution >= 4 is 5.91 Å². The van der Waals surface area contributed by atoms with Crippen LogP contribution >= 0.6 is 0 Å². The van der Waals surface area contributed by atoms with Gasteiger partial charge in [0.05, 0.1) is 19.4 Å². The Labute approximate surface area is 131 Å². The van der Waals surface area contributed by atoms with E-state index in [1.54, 1.807) is 19.3 Å². The Balaban J connectivity index is 1.63. The molecule has 22 heavy (non-hydrogen) atoms. The van der Waals surface area contributed by atoms with Crippen molar-refractivity contribution in [3.8, 4) is 5.75 Å². The van der Waals surface area contributed by atoms with Crippen molar-refractivity contribution < 1.29 is 14.3 Å². The molecule has 0 N–H and O–H groups in total. The third-order valence-electron chi connectivity index (χ3n) is 5.22. The summed E-state index contributed by atoms with van der Waals surface area (Å²) in [4.78, 5) is 17.6. The quantitative estimate of drug-likeness (QED) is 0.858. The highest BCUT2D eigenvalue weighted by Gasteiger charge is 2.44. The van der Waals surface area contributed by atoms with Gasteiger partial charge in [-0.1, -0.05) is 0 Å². The maximum absolute atomic E-state index is 11.5. The molecule has 2 fully saturated rings. The molecule has 0 saturated carbocycles. The van der Waals surface area contributed by atoms with E-state index in [9.17, 15) is 4.79 Å². The number of hydrogen-bond donors (Lipinski definition) is 0. The Kier molecular flexibility index (Phi) is 4.62. The second-order valence-corrected chi connectivity index (χ2v) is 6.39. The smallest absolute Gasteiger partial charge is 0.219 e. The van der Waals surface area contributed by atoms with E-state index in [1.807, 2.05) is 17.0 Å². The lowest BCUT2D eigenvalue weighted by Gasteiger charge is -2.48. The number of amides is 1. The Bertz CT molecular complexity index is 498. The number of ether oxygens (including phenoxy) is 2. The summed E-state index contributed by atoms with van der Waals surface area (Å²) in [7, 11) is 0.